The van der Waals surface area contributed by atoms with Crippen LogP contribution in [0.1, 0.15) is 79.6 Å². The van der Waals surface area contributed by atoms with Crippen molar-refractivity contribution < 1.29 is 19.1 Å². The van der Waals surface area contributed by atoms with Gasteiger partial charge in [0.25, 0.3) is 0 Å². The van der Waals surface area contributed by atoms with Crippen LogP contribution in [0.15, 0.2) is 0 Å². The van der Waals surface area contributed by atoms with E-state index >= 15 is 0 Å². The van der Waals surface area contributed by atoms with Crippen LogP contribution in [0.3, 0.4) is 0 Å². The van der Waals surface area contributed by atoms with Crippen LogP contribution < -0.4 is 16.0 Å². The van der Waals surface area contributed by atoms with E-state index in [0.29, 0.717) is 24.8 Å². The number of rotatable bonds is 15. The Bertz CT molecular complexity index is 585. The van der Waals surface area contributed by atoms with Crippen LogP contribution in [0.4, 0.5) is 4.79 Å². The Balaban J connectivity index is 1.51. The fourth-order valence-corrected chi connectivity index (χ4v) is 5.50. The maximum absolute atomic E-state index is 12.2. The van der Waals surface area contributed by atoms with Gasteiger partial charge in [-0.3, -0.25) is 4.79 Å². The minimum Gasteiger partial charge on any atom is -0.375 e. The van der Waals surface area contributed by atoms with Crippen LogP contribution in [-0.2, 0) is 14.3 Å². The van der Waals surface area contributed by atoms with Gasteiger partial charge in [0.1, 0.15) is 0 Å². The van der Waals surface area contributed by atoms with Crippen LogP contribution in [-0.4, -0.2) is 66.0 Å². The monoisotopic (exact) mass is 457 g/mol. The number of ether oxygens (including phenoxy) is 2. The predicted molar refractivity (Wildman–Crippen MR) is 127 cm³/mol. The van der Waals surface area contributed by atoms with Gasteiger partial charge in [-0.2, -0.15) is 11.8 Å². The number of urea groups is 1. The number of hydrogen-bond donors (Lipinski definition) is 3. The van der Waals surface area contributed by atoms with E-state index in [9.17, 15) is 9.59 Å². The third-order valence-corrected chi connectivity index (χ3v) is 7.53. The van der Waals surface area contributed by atoms with E-state index in [0.717, 1.165) is 50.9 Å². The Kier molecular flexibility index (Phi) is 10.4. The number of amides is 3. The summed E-state index contributed by atoms with van der Waals surface area (Å²) < 4.78 is 11.9. The van der Waals surface area contributed by atoms with Crippen molar-refractivity contribution in [1.29, 1.82) is 0 Å². The van der Waals surface area contributed by atoms with Gasteiger partial charge in [0.05, 0.1) is 29.9 Å². The highest BCUT2D eigenvalue weighted by Crippen LogP contribution is 2.33. The maximum atomic E-state index is 12.2. The van der Waals surface area contributed by atoms with Crippen molar-refractivity contribution in [2.45, 2.75) is 108 Å². The van der Waals surface area contributed by atoms with Crippen molar-refractivity contribution in [3.8, 4) is 0 Å². The molecule has 8 heteroatoms. The molecule has 0 bridgehead atoms. The summed E-state index contributed by atoms with van der Waals surface area (Å²) >= 11 is 1.92. The number of carbonyl (C=O) groups excluding carboxylic acids is 2. The lowest BCUT2D eigenvalue weighted by Crippen LogP contribution is -2.36. The normalized spacial score (nSPS) is 23.4. The first-order valence-corrected chi connectivity index (χ1v) is 12.9. The molecule has 2 saturated heterocycles. The van der Waals surface area contributed by atoms with Gasteiger partial charge in [0, 0.05) is 30.6 Å². The van der Waals surface area contributed by atoms with E-state index in [1.54, 1.807) is 0 Å². The largest absolute Gasteiger partial charge is 0.375 e. The molecule has 31 heavy (non-hydrogen) atoms. The van der Waals surface area contributed by atoms with Crippen molar-refractivity contribution in [2.24, 2.45) is 0 Å². The summed E-state index contributed by atoms with van der Waals surface area (Å²) in [5.74, 6) is 1.09. The maximum Gasteiger partial charge on any atom is 0.315 e. The third kappa shape index (κ3) is 9.58. The molecule has 2 fully saturated rings. The summed E-state index contributed by atoms with van der Waals surface area (Å²) in [6.07, 6.45) is 6.14. The van der Waals surface area contributed by atoms with E-state index in [4.69, 9.17) is 9.47 Å². The zero-order valence-corrected chi connectivity index (χ0v) is 20.9. The molecule has 3 amide bonds. The quantitative estimate of drug-likeness (QED) is 0.258. The SMILES string of the molecule is CCCOC(C)(C)CCOC(C)(C)CCNC(=O)CCCCC1SCC2NC(=O)NC21. The van der Waals surface area contributed by atoms with Crippen LogP contribution in [0, 0.1) is 0 Å². The number of carbonyl (C=O) groups is 2. The summed E-state index contributed by atoms with van der Waals surface area (Å²) in [7, 11) is 0. The van der Waals surface area contributed by atoms with E-state index in [1.165, 1.54) is 0 Å². The fraction of sp³-hybridized carbons (Fsp3) is 0.913. The van der Waals surface area contributed by atoms with Crippen molar-refractivity contribution in [1.82, 2.24) is 16.0 Å². The Labute approximate surface area is 192 Å². The van der Waals surface area contributed by atoms with Crippen LogP contribution in [0.25, 0.3) is 0 Å². The second-order valence-corrected chi connectivity index (χ2v) is 11.2. The van der Waals surface area contributed by atoms with Gasteiger partial charge in [0.15, 0.2) is 0 Å². The molecule has 0 spiro atoms. The van der Waals surface area contributed by atoms with Crippen LogP contribution in [0.5, 0.6) is 0 Å². The average Bonchev–Trinajstić information content (AvgIpc) is 3.22. The molecule has 0 saturated carbocycles. The third-order valence-electron chi connectivity index (χ3n) is 6.02. The summed E-state index contributed by atoms with van der Waals surface area (Å²) in [6.45, 7) is 12.5. The first-order valence-electron chi connectivity index (χ1n) is 11.9. The topological polar surface area (TPSA) is 88.7 Å². The number of fused-ring (bicyclic) bond motifs is 1. The van der Waals surface area contributed by atoms with Gasteiger partial charge in [-0.15, -0.1) is 0 Å². The minimum absolute atomic E-state index is 0.0416. The highest BCUT2D eigenvalue weighted by Gasteiger charge is 2.42. The average molecular weight is 458 g/mol. The number of hydrogen-bond acceptors (Lipinski definition) is 5. The molecule has 0 aromatic carbocycles. The fourth-order valence-electron chi connectivity index (χ4n) is 3.96. The molecule has 0 aromatic rings. The lowest BCUT2D eigenvalue weighted by molar-refractivity contribution is -0.121. The van der Waals surface area contributed by atoms with Crippen molar-refractivity contribution in [2.75, 3.05) is 25.5 Å². The number of thioether (sulfide) groups is 1. The minimum atomic E-state index is -0.274. The number of nitrogens with one attached hydrogen (secondary N) is 3. The molecular weight excluding hydrogens is 414 g/mol. The number of unbranched alkanes of at least 4 members (excludes halogenated alkanes) is 1. The van der Waals surface area contributed by atoms with Crippen molar-refractivity contribution >= 4 is 23.7 Å². The van der Waals surface area contributed by atoms with Crippen LogP contribution in [0.2, 0.25) is 0 Å². The Hall–Kier alpha value is -0.990. The summed E-state index contributed by atoms with van der Waals surface area (Å²) in [5.41, 5.74) is -0.442. The van der Waals surface area contributed by atoms with Gasteiger partial charge in [0.2, 0.25) is 5.91 Å². The molecule has 3 N–H and O–H groups in total. The summed E-state index contributed by atoms with van der Waals surface area (Å²) in [6, 6.07) is 0.476. The van der Waals surface area contributed by atoms with Gasteiger partial charge in [-0.25, -0.2) is 4.79 Å². The predicted octanol–water partition coefficient (Wildman–Crippen LogP) is 3.61. The molecule has 3 atom stereocenters. The summed E-state index contributed by atoms with van der Waals surface area (Å²) in [4.78, 5) is 23.6. The lowest BCUT2D eigenvalue weighted by atomic mass is 10.0. The Morgan fingerprint density at radius 1 is 1.10 bits per heavy atom. The molecular formula is C23H43N3O4S. The van der Waals surface area contributed by atoms with E-state index < -0.39 is 0 Å². The molecule has 0 aromatic heterocycles. The molecule has 3 unspecified atom stereocenters. The van der Waals surface area contributed by atoms with Gasteiger partial charge in [-0.1, -0.05) is 13.3 Å². The molecule has 2 heterocycles. The van der Waals surface area contributed by atoms with E-state index in [1.807, 2.05) is 11.8 Å². The van der Waals surface area contributed by atoms with Crippen LogP contribution >= 0.6 is 11.8 Å². The van der Waals surface area contributed by atoms with Gasteiger partial charge in [-0.05, 0) is 59.8 Å². The molecule has 7 nitrogen and oxygen atoms in total. The van der Waals surface area contributed by atoms with E-state index in [-0.39, 0.29) is 35.2 Å². The molecule has 180 valence electrons. The van der Waals surface area contributed by atoms with Gasteiger partial charge < -0.3 is 25.4 Å². The highest BCUT2D eigenvalue weighted by molar-refractivity contribution is 8.00. The molecule has 0 radical (unpaired) electrons. The first kappa shape index (κ1) is 26.3. The second kappa shape index (κ2) is 12.3. The molecule has 2 rings (SSSR count). The zero-order valence-electron chi connectivity index (χ0n) is 20.1. The smallest absolute Gasteiger partial charge is 0.315 e. The van der Waals surface area contributed by atoms with Crippen molar-refractivity contribution in [3.05, 3.63) is 0 Å². The Morgan fingerprint density at radius 3 is 2.55 bits per heavy atom. The zero-order chi connectivity index (χ0) is 22.9. The second-order valence-electron chi connectivity index (χ2n) is 9.93. The standard InChI is InChI=1S/C23H43N3O4S/c1-6-14-29-23(4,5)12-15-30-22(2,3)11-13-24-19(27)10-8-7-9-18-20-17(16-31-18)25-21(28)26-20/h17-18,20H,6-16H2,1-5H3,(H,24,27)(H2,25,26,28). The Morgan fingerprint density at radius 2 is 1.81 bits per heavy atom. The van der Waals surface area contributed by atoms with Gasteiger partial charge >= 0.3 is 6.03 Å². The molecule has 2 aliphatic rings. The molecule has 0 aliphatic carbocycles. The highest BCUT2D eigenvalue weighted by atomic mass is 32.2. The van der Waals surface area contributed by atoms with Crippen molar-refractivity contribution in [3.63, 3.8) is 0 Å². The molecule has 2 aliphatic heterocycles. The lowest BCUT2D eigenvalue weighted by Gasteiger charge is -2.29. The summed E-state index contributed by atoms with van der Waals surface area (Å²) in [5, 5.41) is 9.48. The van der Waals surface area contributed by atoms with E-state index in [2.05, 4.69) is 50.6 Å². The first-order chi connectivity index (χ1) is 14.6.